The summed E-state index contributed by atoms with van der Waals surface area (Å²) in [6.45, 7) is 4.48. The van der Waals surface area contributed by atoms with Crippen molar-refractivity contribution in [3.8, 4) is 10.6 Å². The van der Waals surface area contributed by atoms with E-state index in [2.05, 4.69) is 5.32 Å². The fourth-order valence-electron chi connectivity index (χ4n) is 2.76. The zero-order chi connectivity index (χ0) is 20.6. The second kappa shape index (κ2) is 9.84. The van der Waals surface area contributed by atoms with Crippen LogP contribution in [-0.2, 0) is 20.9 Å². The fourth-order valence-corrected chi connectivity index (χ4v) is 3.49. The van der Waals surface area contributed by atoms with Crippen molar-refractivity contribution in [3.63, 3.8) is 0 Å². The highest BCUT2D eigenvalue weighted by atomic mass is 32.1. The molecule has 1 amide bonds. The number of hydrogen-bond donors (Lipinski definition) is 1. The molecule has 0 aliphatic rings. The molecular weight excluding hydrogens is 386 g/mol. The van der Waals surface area contributed by atoms with Gasteiger partial charge in [-0.1, -0.05) is 36.4 Å². The van der Waals surface area contributed by atoms with E-state index in [-0.39, 0.29) is 5.91 Å². The van der Waals surface area contributed by atoms with Gasteiger partial charge in [0.1, 0.15) is 5.69 Å². The minimum atomic E-state index is -0.843. The van der Waals surface area contributed by atoms with E-state index in [1.165, 1.54) is 6.08 Å². The smallest absolute Gasteiger partial charge is 0.331 e. The molecule has 0 spiro atoms. The number of benzene rings is 1. The predicted molar refractivity (Wildman–Crippen MR) is 114 cm³/mol. The molecular formula is C22H23N3O3S. The largest absolute Gasteiger partial charge is 0.449 e. The van der Waals surface area contributed by atoms with Crippen molar-refractivity contribution in [1.29, 1.82) is 0 Å². The van der Waals surface area contributed by atoms with Crippen LogP contribution in [0.3, 0.4) is 0 Å². The Bertz CT molecular complexity index is 978. The maximum absolute atomic E-state index is 12.1. The lowest BCUT2D eigenvalue weighted by Gasteiger charge is -2.10. The minimum Gasteiger partial charge on any atom is -0.449 e. The van der Waals surface area contributed by atoms with E-state index in [4.69, 9.17) is 9.84 Å². The molecule has 0 aliphatic carbocycles. The Hall–Kier alpha value is -3.19. The third-order valence-corrected chi connectivity index (χ3v) is 5.02. The summed E-state index contributed by atoms with van der Waals surface area (Å²) < 4.78 is 7.01. The Balaban J connectivity index is 1.77. The highest BCUT2D eigenvalue weighted by molar-refractivity contribution is 7.13. The van der Waals surface area contributed by atoms with Crippen molar-refractivity contribution < 1.29 is 14.3 Å². The number of hydrogen-bond acceptors (Lipinski definition) is 5. The maximum atomic E-state index is 12.1. The summed E-state index contributed by atoms with van der Waals surface area (Å²) in [5.41, 5.74) is 2.75. The molecule has 6 nitrogen and oxygen atoms in total. The topological polar surface area (TPSA) is 73.2 Å². The minimum absolute atomic E-state index is 0.316. The summed E-state index contributed by atoms with van der Waals surface area (Å²) in [6, 6.07) is 14.0. The first-order valence-corrected chi connectivity index (χ1v) is 10.3. The molecule has 29 heavy (non-hydrogen) atoms. The Kier molecular flexibility index (Phi) is 6.97. The van der Waals surface area contributed by atoms with E-state index in [0.29, 0.717) is 13.1 Å². The number of rotatable bonds is 8. The molecule has 2 aromatic heterocycles. The Morgan fingerprint density at radius 1 is 1.24 bits per heavy atom. The van der Waals surface area contributed by atoms with Crippen LogP contribution < -0.4 is 5.32 Å². The maximum Gasteiger partial charge on any atom is 0.331 e. The lowest BCUT2D eigenvalue weighted by Crippen LogP contribution is -2.35. The second-order valence-electron chi connectivity index (χ2n) is 6.40. The average molecular weight is 410 g/mol. The van der Waals surface area contributed by atoms with E-state index >= 15 is 0 Å². The number of ether oxygens (including phenoxy) is 1. The van der Waals surface area contributed by atoms with E-state index < -0.39 is 12.1 Å². The number of likely N-dealkylation sites (N-methyl/N-ethyl adjacent to an activating group) is 1. The Labute approximate surface area is 173 Å². The normalized spacial score (nSPS) is 12.1. The summed E-state index contributed by atoms with van der Waals surface area (Å²) in [4.78, 5) is 24.8. The van der Waals surface area contributed by atoms with Crippen LogP contribution in [0, 0.1) is 0 Å². The summed E-state index contributed by atoms with van der Waals surface area (Å²) in [7, 11) is 0. The Morgan fingerprint density at radius 3 is 2.72 bits per heavy atom. The summed E-state index contributed by atoms with van der Waals surface area (Å²) in [5, 5.41) is 9.31. The van der Waals surface area contributed by atoms with Crippen LogP contribution in [0.2, 0.25) is 0 Å². The summed E-state index contributed by atoms with van der Waals surface area (Å²) in [5.74, 6) is -0.888. The molecule has 0 radical (unpaired) electrons. The standard InChI is InChI=1S/C22H23N3O3S/c1-3-23-22(27)16(2)28-20(26)12-11-18-15-25(14-17-8-5-4-6-9-17)24-21(18)19-10-7-13-29-19/h4-13,15-16H,3,14H2,1-2H3,(H,23,27)/b12-11+/t16-/m1/s1. The number of thiophene rings is 1. The number of nitrogens with one attached hydrogen (secondary N) is 1. The molecule has 3 aromatic rings. The zero-order valence-corrected chi connectivity index (χ0v) is 17.2. The van der Waals surface area contributed by atoms with Crippen molar-refractivity contribution >= 4 is 29.3 Å². The zero-order valence-electron chi connectivity index (χ0n) is 16.4. The van der Waals surface area contributed by atoms with Gasteiger partial charge in [-0.25, -0.2) is 4.79 Å². The lowest BCUT2D eigenvalue weighted by molar-refractivity contribution is -0.150. The van der Waals surface area contributed by atoms with Crippen LogP contribution in [0.25, 0.3) is 16.6 Å². The third kappa shape index (κ3) is 5.65. The number of carbonyl (C=O) groups excluding carboxylic acids is 2. The summed E-state index contributed by atoms with van der Waals surface area (Å²) >= 11 is 1.59. The quantitative estimate of drug-likeness (QED) is 0.454. The molecule has 0 unspecified atom stereocenters. The molecule has 0 bridgehead atoms. The number of aromatic nitrogens is 2. The molecule has 0 fully saturated rings. The van der Waals surface area contributed by atoms with Gasteiger partial charge in [0.2, 0.25) is 0 Å². The first-order valence-electron chi connectivity index (χ1n) is 9.38. The van der Waals surface area contributed by atoms with Crippen LogP contribution in [0.15, 0.2) is 60.1 Å². The van der Waals surface area contributed by atoms with E-state index in [1.54, 1.807) is 24.3 Å². The third-order valence-electron chi connectivity index (χ3n) is 4.14. The molecule has 2 heterocycles. The predicted octanol–water partition coefficient (Wildman–Crippen LogP) is 3.74. The van der Waals surface area contributed by atoms with Crippen LogP contribution in [0.5, 0.6) is 0 Å². The van der Waals surface area contributed by atoms with Gasteiger partial charge >= 0.3 is 5.97 Å². The van der Waals surface area contributed by atoms with Gasteiger partial charge in [0, 0.05) is 24.4 Å². The lowest BCUT2D eigenvalue weighted by atomic mass is 10.2. The van der Waals surface area contributed by atoms with Crippen molar-refractivity contribution in [2.45, 2.75) is 26.5 Å². The van der Waals surface area contributed by atoms with Gasteiger partial charge in [0.15, 0.2) is 6.10 Å². The fraction of sp³-hybridized carbons (Fsp3) is 0.227. The van der Waals surface area contributed by atoms with Crippen LogP contribution in [-0.4, -0.2) is 34.3 Å². The highest BCUT2D eigenvalue weighted by Gasteiger charge is 2.16. The van der Waals surface area contributed by atoms with Gasteiger partial charge in [-0.15, -0.1) is 11.3 Å². The molecule has 3 rings (SSSR count). The van der Waals surface area contributed by atoms with Gasteiger partial charge in [-0.2, -0.15) is 5.10 Å². The summed E-state index contributed by atoms with van der Waals surface area (Å²) in [6.07, 6.45) is 4.07. The average Bonchev–Trinajstić information content (AvgIpc) is 3.37. The highest BCUT2D eigenvalue weighted by Crippen LogP contribution is 2.27. The number of nitrogens with zero attached hydrogens (tertiary/aromatic N) is 2. The van der Waals surface area contributed by atoms with Gasteiger partial charge in [0.05, 0.1) is 11.4 Å². The SMILES string of the molecule is CCNC(=O)[C@@H](C)OC(=O)/C=C/c1cn(Cc2ccccc2)nc1-c1cccs1. The van der Waals surface area contributed by atoms with Crippen molar-refractivity contribution in [2.75, 3.05) is 6.54 Å². The van der Waals surface area contributed by atoms with Crippen LogP contribution >= 0.6 is 11.3 Å². The molecule has 0 aliphatic heterocycles. The number of carbonyl (C=O) groups is 2. The van der Waals surface area contributed by atoms with Gasteiger partial charge in [-0.3, -0.25) is 9.48 Å². The molecule has 7 heteroatoms. The molecule has 0 saturated heterocycles. The first-order chi connectivity index (χ1) is 14.1. The van der Waals surface area contributed by atoms with Crippen molar-refractivity contribution in [3.05, 3.63) is 71.2 Å². The molecule has 150 valence electrons. The number of amides is 1. The van der Waals surface area contributed by atoms with E-state index in [0.717, 1.165) is 21.7 Å². The molecule has 1 aromatic carbocycles. The van der Waals surface area contributed by atoms with Gasteiger partial charge in [0.25, 0.3) is 5.91 Å². The number of esters is 1. The van der Waals surface area contributed by atoms with Gasteiger partial charge in [-0.05, 0) is 36.9 Å². The van der Waals surface area contributed by atoms with Crippen LogP contribution in [0.4, 0.5) is 0 Å². The van der Waals surface area contributed by atoms with E-state index in [9.17, 15) is 9.59 Å². The second-order valence-corrected chi connectivity index (χ2v) is 7.35. The van der Waals surface area contributed by atoms with Crippen molar-refractivity contribution in [1.82, 2.24) is 15.1 Å². The first kappa shape index (κ1) is 20.5. The van der Waals surface area contributed by atoms with Gasteiger partial charge < -0.3 is 10.1 Å². The van der Waals surface area contributed by atoms with Crippen LogP contribution in [0.1, 0.15) is 25.0 Å². The molecule has 1 N–H and O–H groups in total. The monoisotopic (exact) mass is 409 g/mol. The molecule has 0 saturated carbocycles. The Morgan fingerprint density at radius 2 is 2.03 bits per heavy atom. The van der Waals surface area contributed by atoms with Crippen molar-refractivity contribution in [2.24, 2.45) is 0 Å². The molecule has 1 atom stereocenters. The van der Waals surface area contributed by atoms with E-state index in [1.807, 2.05) is 65.6 Å².